The van der Waals surface area contributed by atoms with Crippen molar-refractivity contribution >= 4 is 5.91 Å². The maximum atomic E-state index is 12.9. The summed E-state index contributed by atoms with van der Waals surface area (Å²) in [4.78, 5) is 12.9. The molecule has 4 aromatic rings. The first-order chi connectivity index (χ1) is 13.6. The zero-order valence-corrected chi connectivity index (χ0v) is 15.5. The molecule has 2 aromatic carbocycles. The normalized spacial score (nSPS) is 11.9. The molecule has 140 valence electrons. The van der Waals surface area contributed by atoms with Gasteiger partial charge >= 0.3 is 0 Å². The number of aromatic amines is 1. The van der Waals surface area contributed by atoms with Gasteiger partial charge < -0.3 is 5.32 Å². The molecule has 0 aliphatic heterocycles. The summed E-state index contributed by atoms with van der Waals surface area (Å²) in [6.07, 6.45) is 1.79. The van der Waals surface area contributed by atoms with Crippen LogP contribution in [-0.2, 0) is 0 Å². The van der Waals surface area contributed by atoms with Crippen LogP contribution in [0.1, 0.15) is 34.6 Å². The van der Waals surface area contributed by atoms with Crippen LogP contribution in [0, 0.1) is 6.92 Å². The third-order valence-corrected chi connectivity index (χ3v) is 4.62. The van der Waals surface area contributed by atoms with E-state index in [0.717, 1.165) is 16.9 Å². The molecule has 0 spiro atoms. The molecule has 0 radical (unpaired) electrons. The average Bonchev–Trinajstić information content (AvgIpc) is 3.38. The molecule has 2 aromatic heterocycles. The van der Waals surface area contributed by atoms with Gasteiger partial charge in [-0.25, -0.2) is 4.68 Å². The molecule has 0 saturated carbocycles. The highest BCUT2D eigenvalue weighted by atomic mass is 16.1. The Morgan fingerprint density at radius 2 is 1.86 bits per heavy atom. The van der Waals surface area contributed by atoms with Gasteiger partial charge in [-0.05, 0) is 37.3 Å². The molecular weight excluding hydrogens is 354 g/mol. The largest absolute Gasteiger partial charge is 0.345 e. The van der Waals surface area contributed by atoms with Crippen LogP contribution in [0.15, 0.2) is 60.8 Å². The Morgan fingerprint density at radius 1 is 1.11 bits per heavy atom. The van der Waals surface area contributed by atoms with Gasteiger partial charge in [-0.2, -0.15) is 10.3 Å². The number of nitrogens with zero attached hydrogens (tertiary/aromatic N) is 5. The highest BCUT2D eigenvalue weighted by molar-refractivity contribution is 6.00. The van der Waals surface area contributed by atoms with Gasteiger partial charge in [0.05, 0.1) is 23.5 Å². The highest BCUT2D eigenvalue weighted by Crippen LogP contribution is 2.23. The van der Waals surface area contributed by atoms with E-state index in [1.54, 1.807) is 18.3 Å². The number of hydrogen-bond donors (Lipinski definition) is 2. The van der Waals surface area contributed by atoms with E-state index in [0.29, 0.717) is 17.0 Å². The van der Waals surface area contributed by atoms with E-state index >= 15 is 0 Å². The summed E-state index contributed by atoms with van der Waals surface area (Å²) >= 11 is 0. The summed E-state index contributed by atoms with van der Waals surface area (Å²) in [7, 11) is 0. The Kier molecular flexibility index (Phi) is 4.67. The minimum Gasteiger partial charge on any atom is -0.345 e. The molecule has 2 heterocycles. The first-order valence-electron chi connectivity index (χ1n) is 8.89. The number of carbonyl (C=O) groups excluding carboxylic acids is 1. The van der Waals surface area contributed by atoms with Crippen molar-refractivity contribution in [1.82, 2.24) is 35.7 Å². The van der Waals surface area contributed by atoms with E-state index in [2.05, 4.69) is 31.0 Å². The number of amides is 1. The van der Waals surface area contributed by atoms with Crippen LogP contribution in [0.3, 0.4) is 0 Å². The molecule has 0 fully saturated rings. The van der Waals surface area contributed by atoms with Gasteiger partial charge in [-0.3, -0.25) is 4.79 Å². The van der Waals surface area contributed by atoms with Crippen LogP contribution in [-0.4, -0.2) is 36.3 Å². The number of hydrogen-bond acceptors (Lipinski definition) is 5. The predicted octanol–water partition coefficient (Wildman–Crippen LogP) is 2.85. The SMILES string of the molecule is Cc1c(C(C)NC(=O)c2ccccc2-c2nn[nH]n2)cnn1-c1ccccc1. The fourth-order valence-electron chi connectivity index (χ4n) is 3.18. The lowest BCUT2D eigenvalue weighted by atomic mass is 10.0. The second-order valence-corrected chi connectivity index (χ2v) is 6.41. The molecular formula is C20H19N7O. The molecule has 1 unspecified atom stereocenters. The van der Waals surface area contributed by atoms with Crippen molar-refractivity contribution in [1.29, 1.82) is 0 Å². The number of para-hydroxylation sites is 1. The van der Waals surface area contributed by atoms with Crippen molar-refractivity contribution in [3.05, 3.63) is 77.6 Å². The Balaban J connectivity index is 1.58. The Hall–Kier alpha value is -3.81. The van der Waals surface area contributed by atoms with Crippen molar-refractivity contribution in [2.24, 2.45) is 0 Å². The van der Waals surface area contributed by atoms with Gasteiger partial charge in [-0.1, -0.05) is 36.4 Å². The molecule has 0 aliphatic carbocycles. The zero-order chi connectivity index (χ0) is 19.5. The van der Waals surface area contributed by atoms with Crippen molar-refractivity contribution in [3.63, 3.8) is 0 Å². The number of rotatable bonds is 5. The van der Waals surface area contributed by atoms with Gasteiger partial charge in [-0.15, -0.1) is 10.2 Å². The topological polar surface area (TPSA) is 101 Å². The molecule has 8 nitrogen and oxygen atoms in total. The molecule has 2 N–H and O–H groups in total. The fourth-order valence-corrected chi connectivity index (χ4v) is 3.18. The Labute approximate surface area is 161 Å². The third kappa shape index (κ3) is 3.27. The van der Waals surface area contributed by atoms with E-state index in [9.17, 15) is 4.79 Å². The summed E-state index contributed by atoms with van der Waals surface area (Å²) in [5, 5.41) is 21.5. The van der Waals surface area contributed by atoms with Crippen molar-refractivity contribution in [2.75, 3.05) is 0 Å². The number of aromatic nitrogens is 6. The highest BCUT2D eigenvalue weighted by Gasteiger charge is 2.20. The second-order valence-electron chi connectivity index (χ2n) is 6.41. The standard InChI is InChI=1S/C20H19N7O/c1-13(18-12-21-27(14(18)2)15-8-4-3-5-9-15)22-20(28)17-11-7-6-10-16(17)19-23-25-26-24-19/h3-13H,1-2H3,(H,22,28)(H,23,24,25,26). The lowest BCUT2D eigenvalue weighted by Crippen LogP contribution is -2.27. The van der Waals surface area contributed by atoms with Gasteiger partial charge in [0.1, 0.15) is 0 Å². The third-order valence-electron chi connectivity index (χ3n) is 4.62. The summed E-state index contributed by atoms with van der Waals surface area (Å²) in [5.41, 5.74) is 4.02. The molecule has 28 heavy (non-hydrogen) atoms. The summed E-state index contributed by atoms with van der Waals surface area (Å²) in [6, 6.07) is 16.9. The predicted molar refractivity (Wildman–Crippen MR) is 104 cm³/mol. The maximum Gasteiger partial charge on any atom is 0.252 e. The lowest BCUT2D eigenvalue weighted by molar-refractivity contribution is 0.0940. The van der Waals surface area contributed by atoms with Crippen LogP contribution < -0.4 is 5.32 Å². The first-order valence-corrected chi connectivity index (χ1v) is 8.89. The minimum atomic E-state index is -0.219. The monoisotopic (exact) mass is 373 g/mol. The van der Waals surface area contributed by atoms with Gasteiger partial charge in [0.25, 0.3) is 5.91 Å². The number of carbonyl (C=O) groups is 1. The second kappa shape index (κ2) is 7.43. The Bertz CT molecular complexity index is 1090. The maximum absolute atomic E-state index is 12.9. The number of tetrazole rings is 1. The van der Waals surface area contributed by atoms with Gasteiger partial charge in [0.15, 0.2) is 0 Å². The summed E-state index contributed by atoms with van der Waals surface area (Å²) < 4.78 is 1.87. The van der Waals surface area contributed by atoms with Crippen LogP contribution in [0.2, 0.25) is 0 Å². The van der Waals surface area contributed by atoms with Crippen LogP contribution in [0.4, 0.5) is 0 Å². The van der Waals surface area contributed by atoms with Crippen LogP contribution in [0.25, 0.3) is 17.1 Å². The quantitative estimate of drug-likeness (QED) is 0.560. The van der Waals surface area contributed by atoms with E-state index < -0.39 is 0 Å². The molecule has 1 atom stereocenters. The number of H-pyrrole nitrogens is 1. The average molecular weight is 373 g/mol. The summed E-state index contributed by atoms with van der Waals surface area (Å²) in [6.45, 7) is 3.93. The fraction of sp³-hybridized carbons (Fsp3) is 0.150. The molecule has 8 heteroatoms. The van der Waals surface area contributed by atoms with Crippen molar-refractivity contribution in [3.8, 4) is 17.1 Å². The van der Waals surface area contributed by atoms with E-state index in [1.165, 1.54) is 0 Å². The first kappa shape index (κ1) is 17.6. The molecule has 1 amide bonds. The van der Waals surface area contributed by atoms with Crippen LogP contribution in [0.5, 0.6) is 0 Å². The van der Waals surface area contributed by atoms with Crippen LogP contribution >= 0.6 is 0 Å². The molecule has 0 aliphatic rings. The molecule has 4 rings (SSSR count). The van der Waals surface area contributed by atoms with E-state index in [1.807, 2.05) is 61.0 Å². The molecule has 0 saturated heterocycles. The number of benzene rings is 2. The zero-order valence-electron chi connectivity index (χ0n) is 15.5. The van der Waals surface area contributed by atoms with E-state index in [4.69, 9.17) is 0 Å². The van der Waals surface area contributed by atoms with E-state index in [-0.39, 0.29) is 11.9 Å². The minimum absolute atomic E-state index is 0.209. The Morgan fingerprint density at radius 3 is 2.61 bits per heavy atom. The van der Waals surface area contributed by atoms with Crippen molar-refractivity contribution in [2.45, 2.75) is 19.9 Å². The van der Waals surface area contributed by atoms with Gasteiger partial charge in [0.2, 0.25) is 5.82 Å². The number of nitrogens with one attached hydrogen (secondary N) is 2. The van der Waals surface area contributed by atoms with Gasteiger partial charge in [0, 0.05) is 16.8 Å². The van der Waals surface area contributed by atoms with Crippen molar-refractivity contribution < 1.29 is 4.79 Å². The lowest BCUT2D eigenvalue weighted by Gasteiger charge is -2.15. The summed E-state index contributed by atoms with van der Waals surface area (Å²) in [5.74, 6) is 0.172. The molecule has 0 bridgehead atoms. The smallest absolute Gasteiger partial charge is 0.252 e.